The highest BCUT2D eigenvalue weighted by Crippen LogP contribution is 2.24. The third-order valence-electron chi connectivity index (χ3n) is 2.99. The summed E-state index contributed by atoms with van der Waals surface area (Å²) >= 11 is 11.6. The highest BCUT2D eigenvalue weighted by molar-refractivity contribution is 7.92. The lowest BCUT2D eigenvalue weighted by Crippen LogP contribution is -2.17. The van der Waals surface area contributed by atoms with Gasteiger partial charge in [0.15, 0.2) is 15.6 Å². The van der Waals surface area contributed by atoms with Crippen molar-refractivity contribution in [3.05, 3.63) is 63.6 Å². The van der Waals surface area contributed by atoms with Crippen LogP contribution >= 0.6 is 23.2 Å². The third-order valence-corrected chi connectivity index (χ3v) is 5.50. The summed E-state index contributed by atoms with van der Waals surface area (Å²) in [4.78, 5) is 12.3. The SMILES string of the molecule is Cc1ccccc1S(=O)(=O)CC(=O)c1ccc(Cl)c(Cl)c1. The Bertz CT molecular complexity index is 798. The molecule has 0 fully saturated rings. The van der Waals surface area contributed by atoms with Crippen LogP contribution in [0, 0.1) is 6.92 Å². The summed E-state index contributed by atoms with van der Waals surface area (Å²) in [6.45, 7) is 1.69. The normalized spacial score (nSPS) is 11.4. The van der Waals surface area contributed by atoms with Gasteiger partial charge in [0.05, 0.1) is 14.9 Å². The van der Waals surface area contributed by atoms with Gasteiger partial charge in [-0.1, -0.05) is 41.4 Å². The molecule has 0 saturated heterocycles. The van der Waals surface area contributed by atoms with E-state index >= 15 is 0 Å². The highest BCUT2D eigenvalue weighted by Gasteiger charge is 2.22. The van der Waals surface area contributed by atoms with Crippen LogP contribution < -0.4 is 0 Å². The predicted molar refractivity (Wildman–Crippen MR) is 84.0 cm³/mol. The highest BCUT2D eigenvalue weighted by atomic mass is 35.5. The maximum atomic E-state index is 12.3. The van der Waals surface area contributed by atoms with Gasteiger partial charge in [-0.3, -0.25) is 4.79 Å². The average molecular weight is 343 g/mol. The van der Waals surface area contributed by atoms with Gasteiger partial charge in [0.1, 0.15) is 5.75 Å². The number of hydrogen-bond donors (Lipinski definition) is 0. The van der Waals surface area contributed by atoms with Crippen molar-refractivity contribution in [2.45, 2.75) is 11.8 Å². The van der Waals surface area contributed by atoms with E-state index in [1.165, 1.54) is 24.3 Å². The van der Waals surface area contributed by atoms with Crippen molar-refractivity contribution in [3.8, 4) is 0 Å². The Morgan fingerprint density at radius 1 is 1.05 bits per heavy atom. The summed E-state index contributed by atoms with van der Waals surface area (Å²) in [6, 6.07) is 10.9. The lowest BCUT2D eigenvalue weighted by atomic mass is 10.1. The van der Waals surface area contributed by atoms with Crippen molar-refractivity contribution in [3.63, 3.8) is 0 Å². The molecule has 0 aromatic heterocycles. The van der Waals surface area contributed by atoms with E-state index in [1.54, 1.807) is 25.1 Å². The van der Waals surface area contributed by atoms with Gasteiger partial charge in [0.2, 0.25) is 0 Å². The fourth-order valence-electron chi connectivity index (χ4n) is 1.91. The first-order valence-electron chi connectivity index (χ1n) is 6.08. The zero-order valence-corrected chi connectivity index (χ0v) is 13.5. The number of rotatable bonds is 4. The van der Waals surface area contributed by atoms with Gasteiger partial charge in [0, 0.05) is 5.56 Å². The number of carbonyl (C=O) groups excluding carboxylic acids is 1. The van der Waals surface area contributed by atoms with Crippen molar-refractivity contribution < 1.29 is 13.2 Å². The van der Waals surface area contributed by atoms with E-state index in [-0.39, 0.29) is 15.5 Å². The molecule has 0 aliphatic rings. The van der Waals surface area contributed by atoms with E-state index in [2.05, 4.69) is 0 Å². The molecular formula is C15H12Cl2O3S. The number of ketones is 1. The Balaban J connectivity index is 2.30. The van der Waals surface area contributed by atoms with Gasteiger partial charge in [-0.05, 0) is 36.8 Å². The van der Waals surface area contributed by atoms with Gasteiger partial charge in [0.25, 0.3) is 0 Å². The minimum Gasteiger partial charge on any atom is -0.293 e. The summed E-state index contributed by atoms with van der Waals surface area (Å²) in [5.74, 6) is -1.12. The van der Waals surface area contributed by atoms with E-state index in [9.17, 15) is 13.2 Å². The zero-order valence-electron chi connectivity index (χ0n) is 11.1. The van der Waals surface area contributed by atoms with Gasteiger partial charge in [-0.25, -0.2) is 8.42 Å². The first kappa shape index (κ1) is 16.0. The van der Waals surface area contributed by atoms with E-state index < -0.39 is 21.4 Å². The predicted octanol–water partition coefficient (Wildman–Crippen LogP) is 3.96. The van der Waals surface area contributed by atoms with Crippen molar-refractivity contribution in [2.24, 2.45) is 0 Å². The smallest absolute Gasteiger partial charge is 0.186 e. The molecule has 2 aromatic carbocycles. The molecule has 6 heteroatoms. The van der Waals surface area contributed by atoms with Crippen LogP contribution in [0.15, 0.2) is 47.4 Å². The summed E-state index contributed by atoms with van der Waals surface area (Å²) in [5.41, 5.74) is 0.834. The summed E-state index contributed by atoms with van der Waals surface area (Å²) < 4.78 is 24.6. The van der Waals surface area contributed by atoms with Gasteiger partial charge >= 0.3 is 0 Å². The lowest BCUT2D eigenvalue weighted by Gasteiger charge is -2.07. The van der Waals surface area contributed by atoms with E-state index in [1.807, 2.05) is 0 Å². The molecule has 21 heavy (non-hydrogen) atoms. The summed E-state index contributed by atoms with van der Waals surface area (Å²) in [7, 11) is -3.69. The van der Waals surface area contributed by atoms with Crippen LogP contribution in [0.1, 0.15) is 15.9 Å². The van der Waals surface area contributed by atoms with E-state index in [0.29, 0.717) is 10.6 Å². The van der Waals surface area contributed by atoms with Crippen LogP contribution in [0.3, 0.4) is 0 Å². The molecule has 0 radical (unpaired) electrons. The molecule has 0 spiro atoms. The van der Waals surface area contributed by atoms with Crippen molar-refractivity contribution >= 4 is 38.8 Å². The van der Waals surface area contributed by atoms with Crippen molar-refractivity contribution in [1.29, 1.82) is 0 Å². The molecule has 110 valence electrons. The summed E-state index contributed by atoms with van der Waals surface area (Å²) in [6.07, 6.45) is 0. The molecule has 0 atom stereocenters. The van der Waals surface area contributed by atoms with Gasteiger partial charge < -0.3 is 0 Å². The molecule has 0 bridgehead atoms. The Morgan fingerprint density at radius 3 is 2.33 bits per heavy atom. The van der Waals surface area contributed by atoms with Crippen molar-refractivity contribution in [2.75, 3.05) is 5.75 Å². The number of carbonyl (C=O) groups is 1. The Hall–Kier alpha value is -1.36. The number of sulfone groups is 1. The van der Waals surface area contributed by atoms with Gasteiger partial charge in [-0.15, -0.1) is 0 Å². The van der Waals surface area contributed by atoms with Crippen LogP contribution in [-0.2, 0) is 9.84 Å². The third kappa shape index (κ3) is 3.64. The van der Waals surface area contributed by atoms with Gasteiger partial charge in [-0.2, -0.15) is 0 Å². The maximum Gasteiger partial charge on any atom is 0.186 e. The summed E-state index contributed by atoms with van der Waals surface area (Å²) in [5, 5.41) is 0.533. The molecule has 0 heterocycles. The largest absolute Gasteiger partial charge is 0.293 e. The number of Topliss-reactive ketones (excluding diaryl/α,β-unsaturated/α-hetero) is 1. The fourth-order valence-corrected chi connectivity index (χ4v) is 3.72. The van der Waals surface area contributed by atoms with Crippen LogP contribution in [0.4, 0.5) is 0 Å². The number of hydrogen-bond acceptors (Lipinski definition) is 3. The average Bonchev–Trinajstić information content (AvgIpc) is 2.41. The van der Waals surface area contributed by atoms with Crippen LogP contribution in [0.25, 0.3) is 0 Å². The molecule has 0 saturated carbocycles. The first-order chi connectivity index (χ1) is 9.81. The second-order valence-corrected chi connectivity index (χ2v) is 7.35. The van der Waals surface area contributed by atoms with Crippen LogP contribution in [-0.4, -0.2) is 20.0 Å². The molecule has 0 amide bonds. The number of halogens is 2. The molecular weight excluding hydrogens is 331 g/mol. The lowest BCUT2D eigenvalue weighted by molar-refractivity contribution is 0.102. The molecule has 0 N–H and O–H groups in total. The standard InChI is InChI=1S/C15H12Cl2O3S/c1-10-4-2-3-5-15(10)21(19,20)9-14(18)11-6-7-12(16)13(17)8-11/h2-8H,9H2,1H3. The van der Waals surface area contributed by atoms with Crippen LogP contribution in [0.2, 0.25) is 10.0 Å². The molecule has 3 nitrogen and oxygen atoms in total. The topological polar surface area (TPSA) is 51.2 Å². The Labute approximate surface area is 133 Å². The quantitative estimate of drug-likeness (QED) is 0.790. The first-order valence-corrected chi connectivity index (χ1v) is 8.49. The molecule has 2 rings (SSSR count). The number of benzene rings is 2. The van der Waals surface area contributed by atoms with Crippen molar-refractivity contribution in [1.82, 2.24) is 0 Å². The molecule has 2 aromatic rings. The second-order valence-electron chi connectivity index (χ2n) is 4.58. The van der Waals surface area contributed by atoms with E-state index in [4.69, 9.17) is 23.2 Å². The maximum absolute atomic E-state index is 12.3. The molecule has 0 aliphatic carbocycles. The minimum atomic E-state index is -3.69. The second kappa shape index (κ2) is 6.18. The monoisotopic (exact) mass is 342 g/mol. The number of aryl methyl sites for hydroxylation is 1. The fraction of sp³-hybridized carbons (Fsp3) is 0.133. The minimum absolute atomic E-state index is 0.165. The molecule has 0 aliphatic heterocycles. The Kier molecular flexibility index (Phi) is 4.71. The van der Waals surface area contributed by atoms with E-state index in [0.717, 1.165) is 0 Å². The Morgan fingerprint density at radius 2 is 1.71 bits per heavy atom. The molecule has 0 unspecified atom stereocenters. The zero-order chi connectivity index (χ0) is 15.6. The van der Waals surface area contributed by atoms with Crippen LogP contribution in [0.5, 0.6) is 0 Å².